The number of para-hydroxylation sites is 1. The van der Waals surface area contributed by atoms with Gasteiger partial charge in [0.2, 0.25) is 0 Å². The number of hydrogen-bond acceptors (Lipinski definition) is 5. The van der Waals surface area contributed by atoms with Crippen molar-refractivity contribution in [2.75, 3.05) is 6.54 Å². The zero-order valence-corrected chi connectivity index (χ0v) is 13.0. The van der Waals surface area contributed by atoms with Crippen molar-refractivity contribution in [3.05, 3.63) is 30.3 Å². The molecule has 0 radical (unpaired) electrons. The normalized spacial score (nSPS) is 10.7. The number of ether oxygens (including phenoxy) is 2. The fraction of sp³-hybridized carbons (Fsp3) is 0.438. The van der Waals surface area contributed by atoms with Gasteiger partial charge in [-0.2, -0.15) is 0 Å². The summed E-state index contributed by atoms with van der Waals surface area (Å²) in [6.07, 6.45) is -0.696. The van der Waals surface area contributed by atoms with E-state index < -0.39 is 17.7 Å². The first-order valence-electron chi connectivity index (χ1n) is 7.00. The van der Waals surface area contributed by atoms with Gasteiger partial charge in [-0.3, -0.25) is 9.59 Å². The van der Waals surface area contributed by atoms with Crippen LogP contribution in [0.15, 0.2) is 30.3 Å². The molecule has 22 heavy (non-hydrogen) atoms. The third-order valence-corrected chi connectivity index (χ3v) is 2.41. The first-order chi connectivity index (χ1) is 10.3. The Bertz CT molecular complexity index is 519. The standard InChI is InChI=1S/C16H21NO5/c1-16(2,3)22-15(20)17-11-12(18)9-10-14(19)21-13-7-5-4-6-8-13/h4-8H,9-11H2,1-3H3,(H,17,20). The number of alkyl carbamates (subject to hydrolysis) is 1. The molecule has 1 rings (SSSR count). The summed E-state index contributed by atoms with van der Waals surface area (Å²) < 4.78 is 10.1. The largest absolute Gasteiger partial charge is 0.444 e. The van der Waals surface area contributed by atoms with Crippen molar-refractivity contribution in [3.8, 4) is 5.75 Å². The van der Waals surface area contributed by atoms with E-state index in [-0.39, 0.29) is 25.2 Å². The molecule has 0 saturated carbocycles. The van der Waals surface area contributed by atoms with E-state index in [1.807, 2.05) is 6.07 Å². The number of rotatable bonds is 6. The lowest BCUT2D eigenvalue weighted by atomic mass is 10.2. The molecule has 0 heterocycles. The smallest absolute Gasteiger partial charge is 0.408 e. The van der Waals surface area contributed by atoms with Gasteiger partial charge >= 0.3 is 12.1 Å². The van der Waals surface area contributed by atoms with Crippen LogP contribution in [0.1, 0.15) is 33.6 Å². The summed E-state index contributed by atoms with van der Waals surface area (Å²) in [4.78, 5) is 34.5. The number of hydrogen-bond donors (Lipinski definition) is 1. The van der Waals surface area contributed by atoms with Crippen LogP contribution in [0, 0.1) is 0 Å². The van der Waals surface area contributed by atoms with Crippen LogP contribution in [0.5, 0.6) is 5.75 Å². The Balaban J connectivity index is 2.23. The van der Waals surface area contributed by atoms with Crippen LogP contribution in [0.3, 0.4) is 0 Å². The molecule has 0 fully saturated rings. The molecule has 0 aliphatic carbocycles. The third-order valence-electron chi connectivity index (χ3n) is 2.41. The van der Waals surface area contributed by atoms with Gasteiger partial charge in [0.25, 0.3) is 0 Å². The minimum atomic E-state index is -0.660. The maximum absolute atomic E-state index is 11.6. The molecule has 0 aliphatic heterocycles. The minimum absolute atomic E-state index is 0.00145. The number of amides is 1. The summed E-state index contributed by atoms with van der Waals surface area (Å²) in [6, 6.07) is 8.62. The summed E-state index contributed by atoms with van der Waals surface area (Å²) in [5.74, 6) is -0.320. The third kappa shape index (κ3) is 8.04. The van der Waals surface area contributed by atoms with Gasteiger partial charge in [0.05, 0.1) is 13.0 Å². The number of esters is 1. The van der Waals surface area contributed by atoms with Crippen molar-refractivity contribution >= 4 is 17.8 Å². The second kappa shape index (κ2) is 8.17. The van der Waals surface area contributed by atoms with Crippen molar-refractivity contribution in [1.29, 1.82) is 0 Å². The minimum Gasteiger partial charge on any atom is -0.444 e. The molecule has 0 atom stereocenters. The van der Waals surface area contributed by atoms with Crippen LogP contribution in [0.2, 0.25) is 0 Å². The van der Waals surface area contributed by atoms with E-state index in [0.29, 0.717) is 5.75 Å². The summed E-state index contributed by atoms with van der Waals surface area (Å²) in [5, 5.41) is 2.35. The lowest BCUT2D eigenvalue weighted by Gasteiger charge is -2.19. The number of carbonyl (C=O) groups excluding carboxylic acids is 3. The Hall–Kier alpha value is -2.37. The molecule has 0 saturated heterocycles. The lowest BCUT2D eigenvalue weighted by Crippen LogP contribution is -2.35. The predicted molar refractivity (Wildman–Crippen MR) is 80.6 cm³/mol. The van der Waals surface area contributed by atoms with Crippen molar-refractivity contribution in [2.24, 2.45) is 0 Å². The number of carbonyl (C=O) groups is 3. The van der Waals surface area contributed by atoms with Gasteiger partial charge in [0.1, 0.15) is 11.4 Å². The molecule has 0 bridgehead atoms. The van der Waals surface area contributed by atoms with Crippen LogP contribution in [0.4, 0.5) is 4.79 Å². The fourth-order valence-electron chi connectivity index (χ4n) is 1.49. The molecule has 0 aliphatic rings. The van der Waals surface area contributed by atoms with E-state index >= 15 is 0 Å². The van der Waals surface area contributed by atoms with Gasteiger partial charge in [-0.1, -0.05) is 18.2 Å². The predicted octanol–water partition coefficient (Wildman–Crippen LogP) is 2.47. The molecule has 1 aromatic rings. The molecule has 0 aromatic heterocycles. The van der Waals surface area contributed by atoms with Crippen molar-refractivity contribution < 1.29 is 23.9 Å². The summed E-state index contributed by atoms with van der Waals surface area (Å²) in [7, 11) is 0. The highest BCUT2D eigenvalue weighted by Gasteiger charge is 2.17. The Kier molecular flexibility index (Phi) is 6.56. The Morgan fingerprint density at radius 1 is 1.05 bits per heavy atom. The lowest BCUT2D eigenvalue weighted by molar-refractivity contribution is -0.136. The van der Waals surface area contributed by atoms with Gasteiger partial charge in [-0.05, 0) is 32.9 Å². The summed E-state index contributed by atoms with van der Waals surface area (Å²) >= 11 is 0. The Morgan fingerprint density at radius 2 is 1.68 bits per heavy atom. The van der Waals surface area contributed by atoms with Gasteiger partial charge in [0.15, 0.2) is 5.78 Å². The first-order valence-corrected chi connectivity index (χ1v) is 7.00. The first kappa shape index (κ1) is 17.7. The highest BCUT2D eigenvalue weighted by molar-refractivity contribution is 5.87. The highest BCUT2D eigenvalue weighted by Crippen LogP contribution is 2.10. The average molecular weight is 307 g/mol. The van der Waals surface area contributed by atoms with Crippen LogP contribution >= 0.6 is 0 Å². The van der Waals surface area contributed by atoms with Gasteiger partial charge in [0, 0.05) is 6.42 Å². The SMILES string of the molecule is CC(C)(C)OC(=O)NCC(=O)CCC(=O)Oc1ccccc1. The number of benzene rings is 1. The number of nitrogens with one attached hydrogen (secondary N) is 1. The average Bonchev–Trinajstić information content (AvgIpc) is 2.42. The van der Waals surface area contributed by atoms with Crippen molar-refractivity contribution in [1.82, 2.24) is 5.32 Å². The highest BCUT2D eigenvalue weighted by atomic mass is 16.6. The van der Waals surface area contributed by atoms with Crippen molar-refractivity contribution in [3.63, 3.8) is 0 Å². The van der Waals surface area contributed by atoms with E-state index in [4.69, 9.17) is 9.47 Å². The second-order valence-corrected chi connectivity index (χ2v) is 5.68. The summed E-state index contributed by atoms with van der Waals surface area (Å²) in [6.45, 7) is 5.02. The molecular formula is C16H21NO5. The molecule has 1 N–H and O–H groups in total. The molecule has 120 valence electrons. The van der Waals surface area contributed by atoms with Gasteiger partial charge < -0.3 is 14.8 Å². The van der Waals surface area contributed by atoms with Gasteiger partial charge in [-0.25, -0.2) is 4.79 Å². The Morgan fingerprint density at radius 3 is 2.27 bits per heavy atom. The Labute approximate surface area is 129 Å². The monoisotopic (exact) mass is 307 g/mol. The van der Waals surface area contributed by atoms with Crippen LogP contribution in [0.25, 0.3) is 0 Å². The molecule has 1 amide bonds. The molecular weight excluding hydrogens is 286 g/mol. The molecule has 6 nitrogen and oxygen atoms in total. The maximum atomic E-state index is 11.6. The zero-order chi connectivity index (χ0) is 16.6. The van der Waals surface area contributed by atoms with Crippen molar-refractivity contribution in [2.45, 2.75) is 39.2 Å². The molecule has 0 spiro atoms. The number of Topliss-reactive ketones (excluding diaryl/α,β-unsaturated/α-hetero) is 1. The molecule has 6 heteroatoms. The van der Waals surface area contributed by atoms with E-state index in [1.54, 1.807) is 45.0 Å². The van der Waals surface area contributed by atoms with E-state index in [1.165, 1.54) is 0 Å². The quantitative estimate of drug-likeness (QED) is 0.645. The fourth-order valence-corrected chi connectivity index (χ4v) is 1.49. The maximum Gasteiger partial charge on any atom is 0.408 e. The van der Waals surface area contributed by atoms with Crippen LogP contribution < -0.4 is 10.1 Å². The van der Waals surface area contributed by atoms with E-state index in [9.17, 15) is 14.4 Å². The van der Waals surface area contributed by atoms with E-state index in [0.717, 1.165) is 0 Å². The number of ketones is 1. The second-order valence-electron chi connectivity index (χ2n) is 5.68. The van der Waals surface area contributed by atoms with Crippen LogP contribution in [-0.2, 0) is 14.3 Å². The topological polar surface area (TPSA) is 81.7 Å². The molecule has 1 aromatic carbocycles. The zero-order valence-electron chi connectivity index (χ0n) is 13.0. The van der Waals surface area contributed by atoms with E-state index in [2.05, 4.69) is 5.32 Å². The van der Waals surface area contributed by atoms with Gasteiger partial charge in [-0.15, -0.1) is 0 Å². The summed E-state index contributed by atoms with van der Waals surface area (Å²) in [5.41, 5.74) is -0.618. The van der Waals surface area contributed by atoms with Crippen LogP contribution in [-0.4, -0.2) is 30.0 Å². The molecule has 0 unspecified atom stereocenters.